The predicted molar refractivity (Wildman–Crippen MR) is 112 cm³/mol. The van der Waals surface area contributed by atoms with E-state index in [4.69, 9.17) is 0 Å². The first-order chi connectivity index (χ1) is 16.3. The second kappa shape index (κ2) is 8.84. The second-order valence-electron chi connectivity index (χ2n) is 10.1. The van der Waals surface area contributed by atoms with Crippen molar-refractivity contribution in [1.82, 2.24) is 4.57 Å². The summed E-state index contributed by atoms with van der Waals surface area (Å²) in [5.74, 6) is -24.8. The van der Waals surface area contributed by atoms with Gasteiger partial charge in [-0.2, -0.15) is 0 Å². The van der Waals surface area contributed by atoms with Crippen LogP contribution in [0.1, 0.15) is 41.5 Å². The van der Waals surface area contributed by atoms with Crippen LogP contribution in [0.4, 0.5) is 43.9 Å². The molecule has 1 heterocycles. The molecule has 13 heteroatoms. The van der Waals surface area contributed by atoms with Gasteiger partial charge < -0.3 is 0 Å². The lowest BCUT2D eigenvalue weighted by molar-refractivity contribution is -0.738. The Labute approximate surface area is 200 Å². The quantitative estimate of drug-likeness (QED) is 0.160. The van der Waals surface area contributed by atoms with Crippen LogP contribution in [0.5, 0.6) is 0 Å². The van der Waals surface area contributed by atoms with E-state index in [9.17, 15) is 26.3 Å². The minimum Gasteiger partial charge on any atom is -0.269 e. The Kier molecular flexibility index (Phi) is 6.78. The molecule has 1 radical (unpaired) electrons. The second-order valence-corrected chi connectivity index (χ2v) is 10.1. The van der Waals surface area contributed by atoms with Crippen molar-refractivity contribution in [2.75, 3.05) is 0 Å². The molecule has 0 aliphatic heterocycles. The van der Waals surface area contributed by atoms with Gasteiger partial charge in [0.15, 0.2) is 34.9 Å². The molecule has 0 saturated heterocycles. The zero-order valence-corrected chi connectivity index (χ0v) is 19.9. The Hall–Kier alpha value is -2.99. The van der Waals surface area contributed by atoms with Crippen LogP contribution in [0.3, 0.4) is 0 Å². The van der Waals surface area contributed by atoms with Gasteiger partial charge in [0.25, 0.3) is 0 Å². The van der Waals surface area contributed by atoms with E-state index < -0.39 is 92.6 Å². The lowest BCUT2D eigenvalue weighted by atomic mass is 9.38. The first-order valence-corrected chi connectivity index (χ1v) is 10.5. The molecule has 36 heavy (non-hydrogen) atoms. The summed E-state index contributed by atoms with van der Waals surface area (Å²) in [6, 6.07) is 0. The summed E-state index contributed by atoms with van der Waals surface area (Å²) in [5.41, 5.74) is -6.17. The molecule has 1 aromatic heterocycles. The van der Waals surface area contributed by atoms with E-state index >= 15 is 17.6 Å². The van der Waals surface area contributed by atoms with Gasteiger partial charge in [-0.1, -0.05) is 0 Å². The highest BCUT2D eigenvalue weighted by molar-refractivity contribution is 6.94. The highest BCUT2D eigenvalue weighted by atomic mass is 19.2. The largest absolute Gasteiger partial charge is 0.269 e. The van der Waals surface area contributed by atoms with E-state index in [2.05, 4.69) is 0 Å². The topological polar surface area (TPSA) is 8.81 Å². The van der Waals surface area contributed by atoms with E-state index in [-0.39, 0.29) is 0 Å². The number of hydrogen-bond donors (Lipinski definition) is 0. The molecule has 0 saturated carbocycles. The summed E-state index contributed by atoms with van der Waals surface area (Å²) in [4.78, 5) is 0. The molecule has 2 nitrogen and oxygen atoms in total. The number of hydrogen-bond acceptors (Lipinski definition) is 0. The first-order valence-electron chi connectivity index (χ1n) is 10.5. The molecule has 0 aliphatic rings. The summed E-state index contributed by atoms with van der Waals surface area (Å²) in [5, 5.41) is 0. The molecule has 0 atom stereocenters. The summed E-state index contributed by atoms with van der Waals surface area (Å²) in [6.45, 7) is 6.58. The van der Waals surface area contributed by atoms with Crippen molar-refractivity contribution in [1.29, 1.82) is 0 Å². The number of benzene rings is 2. The molecule has 0 aliphatic carbocycles. The van der Waals surface area contributed by atoms with Crippen molar-refractivity contribution in [3.05, 3.63) is 70.6 Å². The van der Waals surface area contributed by atoms with E-state index in [1.54, 1.807) is 0 Å². The number of rotatable bonds is 3. The maximum atomic E-state index is 15.1. The van der Waals surface area contributed by atoms with Gasteiger partial charge in [-0.25, -0.2) is 43.9 Å². The van der Waals surface area contributed by atoms with Crippen LogP contribution >= 0.6 is 0 Å². The van der Waals surface area contributed by atoms with Crippen molar-refractivity contribution in [3.63, 3.8) is 0 Å². The number of halogens is 10. The van der Waals surface area contributed by atoms with Crippen LogP contribution in [0, 0.1) is 58.2 Å². The first kappa shape index (κ1) is 27.6. The number of nitrogens with zero attached hydrogens (tertiary/aromatic N) is 2. The smallest absolute Gasteiger partial charge is 0.200 e. The van der Waals surface area contributed by atoms with Crippen molar-refractivity contribution in [3.8, 4) is 0 Å². The van der Waals surface area contributed by atoms with Crippen LogP contribution < -0.4 is 21.2 Å². The zero-order chi connectivity index (χ0) is 27.7. The molecule has 0 bridgehead atoms. The van der Waals surface area contributed by atoms with Crippen molar-refractivity contribution < 1.29 is 48.5 Å². The maximum absolute atomic E-state index is 15.1. The molecular weight excluding hydrogens is 505 g/mol. The van der Waals surface area contributed by atoms with E-state index in [0.29, 0.717) is 0 Å². The maximum Gasteiger partial charge on any atom is 0.200 e. The lowest BCUT2D eigenvalue weighted by Crippen LogP contribution is -2.74. The van der Waals surface area contributed by atoms with Crippen molar-refractivity contribution >= 4 is 23.4 Å². The van der Waals surface area contributed by atoms with Crippen molar-refractivity contribution in [2.45, 2.75) is 52.6 Å². The fourth-order valence-electron chi connectivity index (χ4n) is 3.97. The van der Waals surface area contributed by atoms with Gasteiger partial charge in [0.2, 0.25) is 0 Å². The predicted octanol–water partition coefficient (Wildman–Crippen LogP) is 4.19. The van der Waals surface area contributed by atoms with Crippen LogP contribution in [0.2, 0.25) is 0 Å². The number of aromatic nitrogens is 2. The summed E-state index contributed by atoms with van der Waals surface area (Å²) in [6.07, 6.45) is 2.59. The Morgan fingerprint density at radius 2 is 0.861 bits per heavy atom. The van der Waals surface area contributed by atoms with Gasteiger partial charge in [-0.15, -0.1) is 10.9 Å². The van der Waals surface area contributed by atoms with Crippen LogP contribution in [0.15, 0.2) is 12.4 Å². The van der Waals surface area contributed by atoms with E-state index in [0.717, 1.165) is 0 Å². The fraction of sp³-hybridized carbons (Fsp3) is 0.348. The monoisotopic (exact) mass is 525 g/mol. The van der Waals surface area contributed by atoms with Gasteiger partial charge in [-0.3, -0.25) is 9.13 Å². The average Bonchev–Trinajstić information content (AvgIpc) is 3.24. The van der Waals surface area contributed by atoms with Gasteiger partial charge in [-0.05, 0) is 41.5 Å². The third-order valence-corrected chi connectivity index (χ3v) is 5.63. The standard InChI is InChI=1S/C23H20BF10N2/c1-22(2,3)35-7-8-36(23(4,5)6)21(35)24(9-11(25)15(29)19(33)16(30)12(9)26)10-13(27)17(31)20(34)18(32)14(10)28/h7-8H,1-6H3. The Morgan fingerprint density at radius 1 is 0.556 bits per heavy atom. The Balaban J connectivity index is 2.70. The zero-order valence-electron chi connectivity index (χ0n) is 19.9. The fourth-order valence-corrected chi connectivity index (χ4v) is 3.97. The van der Waals surface area contributed by atoms with E-state index in [1.165, 1.54) is 63.1 Å². The molecule has 3 rings (SSSR count). The molecule has 0 N–H and O–H groups in total. The normalized spacial score (nSPS) is 12.7. The Bertz CT molecular complexity index is 1210. The molecule has 0 unspecified atom stereocenters. The summed E-state index contributed by atoms with van der Waals surface area (Å²) in [7, 11) is 0. The third kappa shape index (κ3) is 4.15. The van der Waals surface area contributed by atoms with Crippen LogP contribution in [0.25, 0.3) is 0 Å². The molecule has 2 aromatic carbocycles. The SMILES string of the molecule is CC(C)(C)n1cc[n+](C(C)(C)C)c1[B-](c1c(F)c(F)c(F)c(F)c1F)c1c(F)c(F)c(F)c(F)c1F. The molecule has 195 valence electrons. The van der Waals surface area contributed by atoms with Gasteiger partial charge in [0.1, 0.15) is 35.7 Å². The lowest BCUT2D eigenvalue weighted by Gasteiger charge is -2.34. The van der Waals surface area contributed by atoms with Crippen molar-refractivity contribution in [2.24, 2.45) is 0 Å². The molecular formula is C23H20BF10N2. The van der Waals surface area contributed by atoms with Gasteiger partial charge in [0, 0.05) is 0 Å². The van der Waals surface area contributed by atoms with Crippen LogP contribution in [-0.4, -0.2) is 11.3 Å². The minimum atomic E-state index is -2.66. The Morgan fingerprint density at radius 3 is 1.14 bits per heavy atom. The summed E-state index contributed by atoms with van der Waals surface area (Å²) >= 11 is 0. The molecule has 3 aromatic rings. The highest BCUT2D eigenvalue weighted by Crippen LogP contribution is 2.22. The number of imidazole rings is 1. The molecule has 0 fully saturated rings. The average molecular weight is 525 g/mol. The van der Waals surface area contributed by atoms with Gasteiger partial charge >= 0.3 is 0 Å². The van der Waals surface area contributed by atoms with Gasteiger partial charge in [0.05, 0.1) is 23.5 Å². The van der Waals surface area contributed by atoms with E-state index in [1.807, 2.05) is 0 Å². The third-order valence-electron chi connectivity index (χ3n) is 5.63. The molecule has 0 amide bonds. The summed E-state index contributed by atoms with van der Waals surface area (Å²) < 4.78 is 147. The molecule has 0 spiro atoms. The van der Waals surface area contributed by atoms with Crippen LogP contribution in [-0.2, 0) is 11.1 Å². The highest BCUT2D eigenvalue weighted by Gasteiger charge is 2.39. The minimum absolute atomic E-state index is 0.499.